The zero-order valence-electron chi connectivity index (χ0n) is 9.72. The van der Waals surface area contributed by atoms with Gasteiger partial charge in [-0.05, 0) is 37.6 Å². The summed E-state index contributed by atoms with van der Waals surface area (Å²) in [6.07, 6.45) is 0. The maximum atomic E-state index is 12.0. The summed E-state index contributed by atoms with van der Waals surface area (Å²) < 4.78 is 0. The molecular formula is C11H13ClN4O. The monoisotopic (exact) mass is 252 g/mol. The van der Waals surface area contributed by atoms with Crippen LogP contribution in [0.3, 0.4) is 0 Å². The Balaban J connectivity index is 3.11. The number of benzene rings is 1. The van der Waals surface area contributed by atoms with Crippen LogP contribution in [-0.4, -0.2) is 23.9 Å². The first-order valence-corrected chi connectivity index (χ1v) is 5.65. The minimum absolute atomic E-state index is 0.0962. The molecule has 0 saturated heterocycles. The van der Waals surface area contributed by atoms with Gasteiger partial charge in [-0.3, -0.25) is 4.79 Å². The molecular weight excluding hydrogens is 240 g/mol. The molecule has 17 heavy (non-hydrogen) atoms. The molecule has 1 aromatic carbocycles. The number of carbonyl (C=O) groups excluding carboxylic acids is 1. The molecule has 6 heteroatoms. The molecule has 1 aromatic rings. The number of halogens is 1. The lowest BCUT2D eigenvalue weighted by Gasteiger charge is -2.18. The van der Waals surface area contributed by atoms with E-state index in [0.717, 1.165) is 0 Å². The topological polar surface area (TPSA) is 69.1 Å². The van der Waals surface area contributed by atoms with Gasteiger partial charge in [0.25, 0.3) is 5.91 Å². The van der Waals surface area contributed by atoms with E-state index in [1.54, 1.807) is 17.0 Å². The van der Waals surface area contributed by atoms with Gasteiger partial charge in [0.15, 0.2) is 0 Å². The van der Waals surface area contributed by atoms with Crippen LogP contribution in [0.5, 0.6) is 0 Å². The van der Waals surface area contributed by atoms with Crippen LogP contribution in [0.15, 0.2) is 23.3 Å². The number of amides is 1. The molecule has 0 saturated carbocycles. The zero-order chi connectivity index (χ0) is 12.8. The van der Waals surface area contributed by atoms with E-state index in [9.17, 15) is 4.79 Å². The molecule has 0 N–H and O–H groups in total. The average Bonchev–Trinajstić information content (AvgIpc) is 2.33. The van der Waals surface area contributed by atoms with E-state index in [0.29, 0.717) is 23.7 Å². The van der Waals surface area contributed by atoms with Crippen LogP contribution >= 0.6 is 11.6 Å². The lowest BCUT2D eigenvalue weighted by Crippen LogP contribution is -2.30. The van der Waals surface area contributed by atoms with E-state index >= 15 is 0 Å². The Labute approximate surface area is 105 Å². The SMILES string of the molecule is CCN(CC)C(=O)c1ccc(Cl)c(N=[N+]=[N-])c1. The van der Waals surface area contributed by atoms with Gasteiger partial charge >= 0.3 is 0 Å². The summed E-state index contributed by atoms with van der Waals surface area (Å²) >= 11 is 5.84. The summed E-state index contributed by atoms with van der Waals surface area (Å²) in [5, 5.41) is 3.77. The van der Waals surface area contributed by atoms with Crippen molar-refractivity contribution in [3.05, 3.63) is 39.2 Å². The van der Waals surface area contributed by atoms with Crippen LogP contribution in [0.4, 0.5) is 5.69 Å². The molecule has 0 atom stereocenters. The Morgan fingerprint density at radius 2 is 2.12 bits per heavy atom. The zero-order valence-corrected chi connectivity index (χ0v) is 10.5. The lowest BCUT2D eigenvalue weighted by molar-refractivity contribution is 0.0773. The van der Waals surface area contributed by atoms with Crippen molar-refractivity contribution in [1.29, 1.82) is 0 Å². The molecule has 0 bridgehead atoms. The smallest absolute Gasteiger partial charge is 0.253 e. The van der Waals surface area contributed by atoms with E-state index in [4.69, 9.17) is 17.1 Å². The molecule has 0 fully saturated rings. The first-order valence-electron chi connectivity index (χ1n) is 5.28. The van der Waals surface area contributed by atoms with Crippen LogP contribution in [-0.2, 0) is 0 Å². The molecule has 1 amide bonds. The van der Waals surface area contributed by atoms with Crippen LogP contribution in [0, 0.1) is 0 Å². The maximum Gasteiger partial charge on any atom is 0.253 e. The molecule has 5 nitrogen and oxygen atoms in total. The van der Waals surface area contributed by atoms with Gasteiger partial charge in [-0.25, -0.2) is 0 Å². The fraction of sp³-hybridized carbons (Fsp3) is 0.364. The number of carbonyl (C=O) groups is 1. The molecule has 0 radical (unpaired) electrons. The molecule has 0 aliphatic carbocycles. The number of azide groups is 1. The highest BCUT2D eigenvalue weighted by molar-refractivity contribution is 6.33. The van der Waals surface area contributed by atoms with Crippen molar-refractivity contribution in [2.75, 3.05) is 13.1 Å². The first-order chi connectivity index (χ1) is 8.13. The van der Waals surface area contributed by atoms with Gasteiger partial charge in [-0.1, -0.05) is 16.7 Å². The molecule has 0 aliphatic heterocycles. The van der Waals surface area contributed by atoms with Crippen LogP contribution in [0.25, 0.3) is 10.4 Å². The van der Waals surface area contributed by atoms with E-state index in [1.807, 2.05) is 13.8 Å². The third kappa shape index (κ3) is 3.12. The number of hydrogen-bond acceptors (Lipinski definition) is 2. The van der Waals surface area contributed by atoms with Crippen LogP contribution in [0.2, 0.25) is 5.02 Å². The average molecular weight is 253 g/mol. The quantitative estimate of drug-likeness (QED) is 0.457. The molecule has 90 valence electrons. The lowest BCUT2D eigenvalue weighted by atomic mass is 10.1. The molecule has 0 unspecified atom stereocenters. The summed E-state index contributed by atoms with van der Waals surface area (Å²) in [6.45, 7) is 5.08. The second-order valence-electron chi connectivity index (χ2n) is 3.33. The largest absolute Gasteiger partial charge is 0.339 e. The highest BCUT2D eigenvalue weighted by Crippen LogP contribution is 2.26. The third-order valence-electron chi connectivity index (χ3n) is 2.40. The van der Waals surface area contributed by atoms with Gasteiger partial charge < -0.3 is 4.90 Å². The van der Waals surface area contributed by atoms with Gasteiger partial charge in [0.05, 0.1) is 10.7 Å². The summed E-state index contributed by atoms with van der Waals surface area (Å²) in [5.74, 6) is -0.0962. The predicted octanol–water partition coefficient (Wildman–Crippen LogP) is 3.76. The summed E-state index contributed by atoms with van der Waals surface area (Å²) in [4.78, 5) is 16.4. The van der Waals surface area contributed by atoms with E-state index in [-0.39, 0.29) is 11.6 Å². The Morgan fingerprint density at radius 1 is 1.47 bits per heavy atom. The van der Waals surface area contributed by atoms with Crippen molar-refractivity contribution in [3.63, 3.8) is 0 Å². The van der Waals surface area contributed by atoms with E-state index in [2.05, 4.69) is 10.0 Å². The second kappa shape index (κ2) is 6.13. The minimum atomic E-state index is -0.0962. The normalized spacial score (nSPS) is 9.59. The maximum absolute atomic E-state index is 12.0. The fourth-order valence-corrected chi connectivity index (χ4v) is 1.62. The third-order valence-corrected chi connectivity index (χ3v) is 2.72. The Morgan fingerprint density at radius 3 is 2.65 bits per heavy atom. The van der Waals surface area contributed by atoms with Crippen molar-refractivity contribution >= 4 is 23.2 Å². The van der Waals surface area contributed by atoms with Crippen molar-refractivity contribution in [1.82, 2.24) is 4.90 Å². The van der Waals surface area contributed by atoms with E-state index < -0.39 is 0 Å². The Bertz CT molecular complexity index is 465. The molecule has 1 rings (SSSR count). The van der Waals surface area contributed by atoms with Gasteiger partial charge in [-0.2, -0.15) is 0 Å². The highest BCUT2D eigenvalue weighted by Gasteiger charge is 2.13. The van der Waals surface area contributed by atoms with Crippen molar-refractivity contribution in [3.8, 4) is 0 Å². The molecule has 0 aliphatic rings. The Hall–Kier alpha value is -1.71. The van der Waals surface area contributed by atoms with Crippen LogP contribution < -0.4 is 0 Å². The standard InChI is InChI=1S/C11H13ClN4O/c1-3-16(4-2)11(17)8-5-6-9(12)10(7-8)14-15-13/h5-7H,3-4H2,1-2H3. The van der Waals surface area contributed by atoms with Crippen LogP contribution in [0.1, 0.15) is 24.2 Å². The van der Waals surface area contributed by atoms with E-state index in [1.165, 1.54) is 6.07 Å². The Kier molecular flexibility index (Phi) is 4.82. The van der Waals surface area contributed by atoms with Gasteiger partial charge in [0.2, 0.25) is 0 Å². The minimum Gasteiger partial charge on any atom is -0.339 e. The van der Waals surface area contributed by atoms with Gasteiger partial charge in [0.1, 0.15) is 0 Å². The van der Waals surface area contributed by atoms with Crippen molar-refractivity contribution < 1.29 is 4.79 Å². The number of rotatable bonds is 4. The van der Waals surface area contributed by atoms with Crippen molar-refractivity contribution in [2.24, 2.45) is 5.11 Å². The molecule has 0 spiro atoms. The van der Waals surface area contributed by atoms with Gasteiger partial charge in [-0.15, -0.1) is 0 Å². The number of nitrogens with zero attached hydrogens (tertiary/aromatic N) is 4. The number of hydrogen-bond donors (Lipinski definition) is 0. The summed E-state index contributed by atoms with van der Waals surface area (Å²) in [7, 11) is 0. The summed E-state index contributed by atoms with van der Waals surface area (Å²) in [6, 6.07) is 4.68. The predicted molar refractivity (Wildman–Crippen MR) is 67.5 cm³/mol. The molecule has 0 aromatic heterocycles. The first kappa shape index (κ1) is 13.4. The van der Waals surface area contributed by atoms with Gasteiger partial charge in [0, 0.05) is 23.6 Å². The molecule has 0 heterocycles. The summed E-state index contributed by atoms with van der Waals surface area (Å²) in [5.41, 5.74) is 9.12. The van der Waals surface area contributed by atoms with Crippen molar-refractivity contribution in [2.45, 2.75) is 13.8 Å². The second-order valence-corrected chi connectivity index (χ2v) is 3.74. The fourth-order valence-electron chi connectivity index (χ4n) is 1.46. The highest BCUT2D eigenvalue weighted by atomic mass is 35.5.